The van der Waals surface area contributed by atoms with Crippen LogP contribution in [0.1, 0.15) is 44.2 Å². The van der Waals surface area contributed by atoms with Gasteiger partial charge in [0, 0.05) is 33.4 Å². The van der Waals surface area contributed by atoms with Crippen LogP contribution in [0.4, 0.5) is 5.69 Å². The summed E-state index contributed by atoms with van der Waals surface area (Å²) >= 11 is 13.3. The summed E-state index contributed by atoms with van der Waals surface area (Å²) in [5, 5.41) is 30.0. The van der Waals surface area contributed by atoms with Crippen LogP contribution in [0.3, 0.4) is 0 Å². The summed E-state index contributed by atoms with van der Waals surface area (Å²) in [6, 6.07) is 10.7. The normalized spacial score (nSPS) is 19.6. The number of halogens is 2. The number of allylic oxidation sites excluding steroid dienone is 5. The number of aromatic hydroxyl groups is 2. The Kier molecular flexibility index (Phi) is 7.82. The Morgan fingerprint density at radius 3 is 2.54 bits per heavy atom. The average molecular weight is 516 g/mol. The zero-order valence-electron chi connectivity index (χ0n) is 20.0. The third-order valence-electron chi connectivity index (χ3n) is 6.66. The molecular weight excluding hydrogens is 485 g/mol. The van der Waals surface area contributed by atoms with E-state index in [0.717, 1.165) is 58.0 Å². The molecule has 1 aliphatic heterocycles. The van der Waals surface area contributed by atoms with Crippen LogP contribution < -0.4 is 4.90 Å². The average Bonchev–Trinajstić information content (AvgIpc) is 3.02. The molecule has 0 amide bonds. The number of hydrogen-bond acceptors (Lipinski definition) is 5. The van der Waals surface area contributed by atoms with Crippen molar-refractivity contribution in [3.63, 3.8) is 0 Å². The molecule has 0 bridgehead atoms. The monoisotopic (exact) mass is 515 g/mol. The molecular formula is C28H31Cl2NO4. The molecule has 4 rings (SSSR count). The molecule has 0 atom stereocenters. The highest BCUT2D eigenvalue weighted by Gasteiger charge is 2.40. The van der Waals surface area contributed by atoms with Crippen LogP contribution in [0.25, 0.3) is 6.08 Å². The highest BCUT2D eigenvalue weighted by atomic mass is 35.5. The Balaban J connectivity index is 1.73. The second-order valence-corrected chi connectivity index (χ2v) is 10.2. The van der Waals surface area contributed by atoms with Gasteiger partial charge < -0.3 is 25.0 Å². The van der Waals surface area contributed by atoms with Crippen molar-refractivity contribution in [3.05, 3.63) is 80.5 Å². The predicted molar refractivity (Wildman–Crippen MR) is 142 cm³/mol. The third-order valence-corrected chi connectivity index (χ3v) is 7.38. The number of aliphatic hydroxyl groups excluding tert-OH is 1. The Bertz CT molecular complexity index is 1200. The Labute approximate surface area is 216 Å². The van der Waals surface area contributed by atoms with E-state index in [0.29, 0.717) is 24.8 Å². The molecule has 0 fully saturated rings. The summed E-state index contributed by atoms with van der Waals surface area (Å²) in [7, 11) is 0. The number of phenols is 2. The van der Waals surface area contributed by atoms with Gasteiger partial charge in [-0.15, -0.1) is 0 Å². The van der Waals surface area contributed by atoms with E-state index in [1.807, 2.05) is 24.3 Å². The number of rotatable bonds is 7. The molecule has 0 saturated heterocycles. The van der Waals surface area contributed by atoms with Crippen LogP contribution in [0.2, 0.25) is 5.02 Å². The SMILES string of the molecule is CC1(C)C(=CC2=C(Cl)C(=Cc3ccc(O)c(O)c3)CCC2)N(CCOCCO)c2ccc(Cl)cc21. The highest BCUT2D eigenvalue weighted by Crippen LogP contribution is 2.49. The van der Waals surface area contributed by atoms with Crippen LogP contribution in [0.15, 0.2) is 64.3 Å². The molecule has 2 aromatic rings. The Morgan fingerprint density at radius 2 is 1.80 bits per heavy atom. The zero-order valence-corrected chi connectivity index (χ0v) is 21.5. The Hall–Kier alpha value is -2.44. The molecule has 7 heteroatoms. The minimum absolute atomic E-state index is 0.00318. The quantitative estimate of drug-likeness (QED) is 0.289. The van der Waals surface area contributed by atoms with Gasteiger partial charge in [-0.3, -0.25) is 0 Å². The molecule has 186 valence electrons. The fourth-order valence-corrected chi connectivity index (χ4v) is 5.30. The number of ether oxygens (including phenoxy) is 1. The molecule has 0 radical (unpaired) electrons. The largest absolute Gasteiger partial charge is 0.504 e. The first-order chi connectivity index (χ1) is 16.7. The van der Waals surface area contributed by atoms with E-state index in [1.54, 1.807) is 6.07 Å². The maximum atomic E-state index is 9.86. The van der Waals surface area contributed by atoms with Crippen LogP contribution in [0, 0.1) is 0 Å². The lowest BCUT2D eigenvalue weighted by Crippen LogP contribution is -2.29. The molecule has 2 aliphatic rings. The van der Waals surface area contributed by atoms with Gasteiger partial charge in [0.2, 0.25) is 0 Å². The zero-order chi connectivity index (χ0) is 25.2. The first-order valence-corrected chi connectivity index (χ1v) is 12.6. The number of hydrogen-bond donors (Lipinski definition) is 3. The van der Waals surface area contributed by atoms with Crippen molar-refractivity contribution in [3.8, 4) is 11.5 Å². The molecule has 1 heterocycles. The molecule has 5 nitrogen and oxygen atoms in total. The Morgan fingerprint density at radius 1 is 1.00 bits per heavy atom. The summed E-state index contributed by atoms with van der Waals surface area (Å²) in [6.45, 7) is 5.81. The van der Waals surface area contributed by atoms with Gasteiger partial charge in [-0.05, 0) is 77.9 Å². The summed E-state index contributed by atoms with van der Waals surface area (Å²) in [4.78, 5) is 2.26. The van der Waals surface area contributed by atoms with Gasteiger partial charge in [0.15, 0.2) is 11.5 Å². The first kappa shape index (κ1) is 25.6. The van der Waals surface area contributed by atoms with Crippen molar-refractivity contribution >= 4 is 35.0 Å². The van der Waals surface area contributed by atoms with E-state index >= 15 is 0 Å². The summed E-state index contributed by atoms with van der Waals surface area (Å²) < 4.78 is 5.58. The van der Waals surface area contributed by atoms with Crippen LogP contribution in [-0.2, 0) is 10.2 Å². The van der Waals surface area contributed by atoms with Gasteiger partial charge in [-0.1, -0.05) is 49.2 Å². The summed E-state index contributed by atoms with van der Waals surface area (Å²) in [6.07, 6.45) is 6.83. The van der Waals surface area contributed by atoms with Crippen molar-refractivity contribution < 1.29 is 20.1 Å². The topological polar surface area (TPSA) is 73.2 Å². The number of fused-ring (bicyclic) bond motifs is 1. The second kappa shape index (κ2) is 10.7. The lowest BCUT2D eigenvalue weighted by molar-refractivity contribution is 0.0972. The van der Waals surface area contributed by atoms with Gasteiger partial charge in [0.05, 0.1) is 19.8 Å². The van der Waals surface area contributed by atoms with Crippen molar-refractivity contribution in [2.24, 2.45) is 0 Å². The molecule has 0 aromatic heterocycles. The molecule has 1 aliphatic carbocycles. The van der Waals surface area contributed by atoms with Gasteiger partial charge in [-0.25, -0.2) is 0 Å². The maximum Gasteiger partial charge on any atom is 0.157 e. The number of anilines is 1. The van der Waals surface area contributed by atoms with E-state index in [1.165, 1.54) is 12.1 Å². The summed E-state index contributed by atoms with van der Waals surface area (Å²) in [5.41, 5.74) is 5.94. The molecule has 0 unspecified atom stereocenters. The fourth-order valence-electron chi connectivity index (χ4n) is 4.83. The number of phenolic OH excluding ortho intramolecular Hbond substituents is 2. The molecule has 0 spiro atoms. The van der Waals surface area contributed by atoms with Crippen molar-refractivity contribution in [1.29, 1.82) is 0 Å². The lowest BCUT2D eigenvalue weighted by Gasteiger charge is -2.29. The van der Waals surface area contributed by atoms with Crippen molar-refractivity contribution in [2.45, 2.75) is 38.5 Å². The van der Waals surface area contributed by atoms with E-state index in [9.17, 15) is 10.2 Å². The van der Waals surface area contributed by atoms with Crippen LogP contribution in [-0.4, -0.2) is 41.7 Å². The molecule has 3 N–H and O–H groups in total. The summed E-state index contributed by atoms with van der Waals surface area (Å²) in [5.74, 6) is -0.296. The van der Waals surface area contributed by atoms with Gasteiger partial charge in [-0.2, -0.15) is 0 Å². The minimum Gasteiger partial charge on any atom is -0.504 e. The standard InChI is InChI=1S/C28H31Cl2NO4/c1-28(2)22-17-21(29)7-8-23(22)31(10-12-35-13-11-32)26(28)16-20-5-3-4-19(27(20)30)14-18-6-9-24(33)25(34)15-18/h6-9,14-17,32-34H,3-5,10-13H2,1-2H3. The van der Waals surface area contributed by atoms with Crippen molar-refractivity contribution in [2.75, 3.05) is 31.3 Å². The van der Waals surface area contributed by atoms with Crippen molar-refractivity contribution in [1.82, 2.24) is 0 Å². The fraction of sp³-hybridized carbons (Fsp3) is 0.357. The molecule has 0 saturated carbocycles. The molecule has 35 heavy (non-hydrogen) atoms. The van der Waals surface area contributed by atoms with E-state index in [-0.39, 0.29) is 23.5 Å². The number of aliphatic hydroxyl groups is 1. The van der Waals surface area contributed by atoms with Crippen LogP contribution >= 0.6 is 23.2 Å². The molecule has 2 aromatic carbocycles. The van der Waals surface area contributed by atoms with Gasteiger partial charge in [0.25, 0.3) is 0 Å². The highest BCUT2D eigenvalue weighted by molar-refractivity contribution is 6.33. The minimum atomic E-state index is -0.286. The lowest BCUT2D eigenvalue weighted by atomic mass is 9.82. The predicted octanol–water partition coefficient (Wildman–Crippen LogP) is 6.50. The maximum absolute atomic E-state index is 9.86. The second-order valence-electron chi connectivity index (χ2n) is 9.41. The third kappa shape index (κ3) is 5.39. The van der Waals surface area contributed by atoms with E-state index in [4.69, 9.17) is 33.0 Å². The van der Waals surface area contributed by atoms with Gasteiger partial charge in [0.1, 0.15) is 0 Å². The van der Waals surface area contributed by atoms with Gasteiger partial charge >= 0.3 is 0 Å². The van der Waals surface area contributed by atoms with E-state index < -0.39 is 0 Å². The first-order valence-electron chi connectivity index (χ1n) is 11.8. The van der Waals surface area contributed by atoms with Crippen LogP contribution in [0.5, 0.6) is 11.5 Å². The number of benzene rings is 2. The number of nitrogens with zero attached hydrogens (tertiary/aromatic N) is 1. The van der Waals surface area contributed by atoms with E-state index in [2.05, 4.69) is 24.8 Å². The smallest absolute Gasteiger partial charge is 0.157 e.